The molecule has 0 heterocycles. The molecule has 0 spiro atoms. The second-order valence-corrected chi connectivity index (χ2v) is 4.69. The number of benzene rings is 2. The third kappa shape index (κ3) is 5.55. The van der Waals surface area contributed by atoms with E-state index in [1.807, 2.05) is 30.3 Å². The van der Waals surface area contributed by atoms with Crippen LogP contribution in [0.1, 0.15) is 11.1 Å². The summed E-state index contributed by atoms with van der Waals surface area (Å²) < 4.78 is 0. The number of hydrogen-bond acceptors (Lipinski definition) is 4. The van der Waals surface area contributed by atoms with Gasteiger partial charge in [0, 0.05) is 18.3 Å². The van der Waals surface area contributed by atoms with Gasteiger partial charge in [0.1, 0.15) is 0 Å². The fourth-order valence-electron chi connectivity index (χ4n) is 1.87. The summed E-state index contributed by atoms with van der Waals surface area (Å²) in [5.41, 5.74) is 4.04. The number of rotatable bonds is 6. The number of hydrazone groups is 1. The zero-order valence-corrected chi connectivity index (χ0v) is 12.3. The molecule has 0 bridgehead atoms. The molecule has 0 unspecified atom stereocenters. The van der Waals surface area contributed by atoms with Crippen LogP contribution >= 0.6 is 0 Å². The van der Waals surface area contributed by atoms with Crippen LogP contribution in [0.2, 0.25) is 0 Å². The second kappa shape index (κ2) is 8.23. The van der Waals surface area contributed by atoms with E-state index in [9.17, 15) is 14.9 Å². The molecule has 0 aliphatic carbocycles. The monoisotopic (exact) mass is 309 g/mol. The number of carbonyl (C=O) groups excluding carboxylic acids is 1. The maximum absolute atomic E-state index is 11.6. The molecule has 116 valence electrons. The molecule has 0 fully saturated rings. The van der Waals surface area contributed by atoms with E-state index in [0.717, 1.165) is 5.56 Å². The third-order valence-electron chi connectivity index (χ3n) is 2.93. The van der Waals surface area contributed by atoms with Crippen LogP contribution in [0.15, 0.2) is 65.8 Å². The van der Waals surface area contributed by atoms with Crippen molar-refractivity contribution in [3.05, 3.63) is 81.9 Å². The van der Waals surface area contributed by atoms with Gasteiger partial charge in [-0.1, -0.05) is 48.5 Å². The first-order chi connectivity index (χ1) is 11.1. The Morgan fingerprint density at radius 1 is 1.17 bits per heavy atom. The van der Waals surface area contributed by atoms with Gasteiger partial charge in [0.25, 0.3) is 5.69 Å². The molecule has 0 aliphatic rings. The van der Waals surface area contributed by atoms with Gasteiger partial charge >= 0.3 is 0 Å². The Bertz CT molecular complexity index is 740. The van der Waals surface area contributed by atoms with Crippen molar-refractivity contribution in [3.8, 4) is 0 Å². The highest BCUT2D eigenvalue weighted by atomic mass is 16.6. The molecule has 2 aromatic carbocycles. The molecular formula is C17H15N3O3. The van der Waals surface area contributed by atoms with Crippen molar-refractivity contribution >= 4 is 23.9 Å². The number of nitro benzene ring substituents is 1. The molecule has 0 saturated carbocycles. The Kier molecular flexibility index (Phi) is 5.76. The molecule has 6 nitrogen and oxygen atoms in total. The van der Waals surface area contributed by atoms with E-state index < -0.39 is 4.92 Å². The van der Waals surface area contributed by atoms with Gasteiger partial charge in [-0.2, -0.15) is 5.10 Å². The lowest BCUT2D eigenvalue weighted by Crippen LogP contribution is -2.19. The fraction of sp³-hybridized carbons (Fsp3) is 0.0588. The Hall–Kier alpha value is -3.28. The maximum Gasteiger partial charge on any atom is 0.270 e. The molecular weight excluding hydrogens is 294 g/mol. The second-order valence-electron chi connectivity index (χ2n) is 4.69. The van der Waals surface area contributed by atoms with Crippen LogP contribution in [0.4, 0.5) is 5.69 Å². The number of nitro groups is 1. The minimum Gasteiger partial charge on any atom is -0.273 e. The standard InChI is InChI=1S/C17H15N3O3/c21-17(13-15-6-2-1-3-7-15)19-18-11-5-9-14-8-4-10-16(12-14)20(22)23/h1-12H,13H2,(H,19,21)/b9-5+,18-11-. The maximum atomic E-state index is 11.6. The summed E-state index contributed by atoms with van der Waals surface area (Å²) in [6.45, 7) is 0. The molecule has 2 rings (SSSR count). The van der Waals surface area contributed by atoms with Gasteiger partial charge in [-0.05, 0) is 17.2 Å². The normalized spacial score (nSPS) is 11.0. The molecule has 2 aromatic rings. The Morgan fingerprint density at radius 2 is 1.96 bits per heavy atom. The molecule has 0 radical (unpaired) electrons. The highest BCUT2D eigenvalue weighted by molar-refractivity contribution is 5.82. The van der Waals surface area contributed by atoms with Gasteiger partial charge in [-0.3, -0.25) is 14.9 Å². The number of nitrogens with one attached hydrogen (secondary N) is 1. The van der Waals surface area contributed by atoms with Gasteiger partial charge < -0.3 is 0 Å². The molecule has 0 saturated heterocycles. The molecule has 0 aromatic heterocycles. The number of amides is 1. The average molecular weight is 309 g/mol. The average Bonchev–Trinajstić information content (AvgIpc) is 2.55. The Balaban J connectivity index is 1.83. The first-order valence-electron chi connectivity index (χ1n) is 6.92. The van der Waals surface area contributed by atoms with Gasteiger partial charge in [0.2, 0.25) is 5.91 Å². The summed E-state index contributed by atoms with van der Waals surface area (Å²) in [7, 11) is 0. The number of hydrogen-bond donors (Lipinski definition) is 1. The van der Waals surface area contributed by atoms with Crippen molar-refractivity contribution in [1.82, 2.24) is 5.43 Å². The lowest BCUT2D eigenvalue weighted by atomic mass is 10.1. The topological polar surface area (TPSA) is 84.6 Å². The van der Waals surface area contributed by atoms with E-state index in [1.54, 1.807) is 24.3 Å². The number of carbonyl (C=O) groups is 1. The van der Waals surface area contributed by atoms with E-state index in [-0.39, 0.29) is 18.0 Å². The SMILES string of the molecule is O=C(Cc1ccccc1)N/N=C\C=C\c1cccc([N+](=O)[O-])c1. The van der Waals surface area contributed by atoms with Crippen LogP contribution in [0.25, 0.3) is 6.08 Å². The molecule has 1 N–H and O–H groups in total. The summed E-state index contributed by atoms with van der Waals surface area (Å²) in [6, 6.07) is 15.6. The summed E-state index contributed by atoms with van der Waals surface area (Å²) in [5, 5.41) is 14.5. The minimum atomic E-state index is -0.449. The zero-order chi connectivity index (χ0) is 16.5. The third-order valence-corrected chi connectivity index (χ3v) is 2.93. The van der Waals surface area contributed by atoms with E-state index in [0.29, 0.717) is 5.56 Å². The summed E-state index contributed by atoms with van der Waals surface area (Å²) >= 11 is 0. The Labute approximate surface area is 133 Å². The first kappa shape index (κ1) is 16.1. The van der Waals surface area contributed by atoms with Gasteiger partial charge in [0.05, 0.1) is 11.3 Å². The molecule has 0 atom stereocenters. The Morgan fingerprint density at radius 3 is 2.70 bits per heavy atom. The lowest BCUT2D eigenvalue weighted by Gasteiger charge is -1.99. The van der Waals surface area contributed by atoms with Crippen LogP contribution in [-0.4, -0.2) is 17.0 Å². The summed E-state index contributed by atoms with van der Waals surface area (Å²) in [5.74, 6) is -0.212. The van der Waals surface area contributed by atoms with E-state index >= 15 is 0 Å². The van der Waals surface area contributed by atoms with E-state index in [4.69, 9.17) is 0 Å². The van der Waals surface area contributed by atoms with Crippen molar-refractivity contribution in [2.45, 2.75) is 6.42 Å². The lowest BCUT2D eigenvalue weighted by molar-refractivity contribution is -0.384. The summed E-state index contributed by atoms with van der Waals surface area (Å²) in [4.78, 5) is 21.9. The van der Waals surface area contributed by atoms with Crippen LogP contribution in [0.3, 0.4) is 0 Å². The number of non-ortho nitro benzene ring substituents is 1. The van der Waals surface area contributed by atoms with Crippen LogP contribution in [0, 0.1) is 10.1 Å². The molecule has 23 heavy (non-hydrogen) atoms. The largest absolute Gasteiger partial charge is 0.273 e. The summed E-state index contributed by atoms with van der Waals surface area (Å²) in [6.07, 6.45) is 4.94. The van der Waals surface area contributed by atoms with Gasteiger partial charge in [-0.25, -0.2) is 5.43 Å². The number of allylic oxidation sites excluding steroid dienone is 1. The van der Waals surface area contributed by atoms with E-state index in [1.165, 1.54) is 18.3 Å². The predicted octanol–water partition coefficient (Wildman–Crippen LogP) is 2.95. The quantitative estimate of drug-likeness (QED) is 0.506. The van der Waals surface area contributed by atoms with Crippen molar-refractivity contribution in [2.75, 3.05) is 0 Å². The highest BCUT2D eigenvalue weighted by Gasteiger charge is 2.03. The van der Waals surface area contributed by atoms with Crippen molar-refractivity contribution in [1.29, 1.82) is 0 Å². The van der Waals surface area contributed by atoms with Crippen molar-refractivity contribution < 1.29 is 9.72 Å². The molecule has 0 aliphatic heterocycles. The minimum absolute atomic E-state index is 0.0280. The van der Waals surface area contributed by atoms with E-state index in [2.05, 4.69) is 10.5 Å². The van der Waals surface area contributed by atoms with Crippen LogP contribution in [0.5, 0.6) is 0 Å². The zero-order valence-electron chi connectivity index (χ0n) is 12.3. The highest BCUT2D eigenvalue weighted by Crippen LogP contribution is 2.13. The smallest absolute Gasteiger partial charge is 0.270 e. The van der Waals surface area contributed by atoms with Crippen LogP contribution in [-0.2, 0) is 11.2 Å². The van der Waals surface area contributed by atoms with Crippen molar-refractivity contribution in [2.24, 2.45) is 5.10 Å². The number of nitrogens with zero attached hydrogens (tertiary/aromatic N) is 2. The van der Waals surface area contributed by atoms with Crippen molar-refractivity contribution in [3.63, 3.8) is 0 Å². The molecule has 6 heteroatoms. The molecule has 1 amide bonds. The van der Waals surface area contributed by atoms with Gasteiger partial charge in [-0.15, -0.1) is 0 Å². The van der Waals surface area contributed by atoms with Gasteiger partial charge in [0.15, 0.2) is 0 Å². The van der Waals surface area contributed by atoms with Crippen LogP contribution < -0.4 is 5.43 Å². The first-order valence-corrected chi connectivity index (χ1v) is 6.92. The predicted molar refractivity (Wildman–Crippen MR) is 88.9 cm³/mol. The fourth-order valence-corrected chi connectivity index (χ4v) is 1.87.